The van der Waals surface area contributed by atoms with Gasteiger partial charge in [-0.3, -0.25) is 4.79 Å². The molecule has 1 amide bonds. The first-order valence-corrected chi connectivity index (χ1v) is 10.5. The highest BCUT2D eigenvalue weighted by atomic mass is 32.2. The van der Waals surface area contributed by atoms with Gasteiger partial charge in [-0.25, -0.2) is 12.8 Å². The molecule has 0 unspecified atom stereocenters. The molecule has 1 heterocycles. The Bertz CT molecular complexity index is 922. The average molecular weight is 390 g/mol. The van der Waals surface area contributed by atoms with Crippen LogP contribution < -0.4 is 5.32 Å². The molecule has 0 spiro atoms. The van der Waals surface area contributed by atoms with Crippen molar-refractivity contribution in [3.8, 4) is 0 Å². The van der Waals surface area contributed by atoms with Crippen LogP contribution >= 0.6 is 0 Å². The third kappa shape index (κ3) is 4.20. The van der Waals surface area contributed by atoms with E-state index in [1.54, 1.807) is 0 Å². The van der Waals surface area contributed by atoms with Gasteiger partial charge in [0.25, 0.3) is 0 Å². The van der Waals surface area contributed by atoms with Gasteiger partial charge < -0.3 is 5.32 Å². The van der Waals surface area contributed by atoms with Gasteiger partial charge in [0, 0.05) is 24.7 Å². The normalized spacial score (nSPS) is 16.2. The van der Waals surface area contributed by atoms with Crippen LogP contribution in [0.3, 0.4) is 0 Å². The van der Waals surface area contributed by atoms with Crippen molar-refractivity contribution in [2.75, 3.05) is 18.4 Å². The summed E-state index contributed by atoms with van der Waals surface area (Å²) in [5.74, 6) is -1.12. The van der Waals surface area contributed by atoms with E-state index in [2.05, 4.69) is 5.32 Å². The Morgan fingerprint density at radius 2 is 1.74 bits per heavy atom. The molecule has 0 bridgehead atoms. The van der Waals surface area contributed by atoms with Gasteiger partial charge in [-0.1, -0.05) is 37.3 Å². The minimum Gasteiger partial charge on any atom is -0.326 e. The zero-order valence-corrected chi connectivity index (χ0v) is 16.0. The molecular weight excluding hydrogens is 367 g/mol. The summed E-state index contributed by atoms with van der Waals surface area (Å²) in [4.78, 5) is 12.3. The van der Waals surface area contributed by atoms with Crippen LogP contribution in [0.1, 0.15) is 25.3 Å². The third-order valence-electron chi connectivity index (χ3n) is 4.94. The number of halogens is 1. The van der Waals surface area contributed by atoms with Gasteiger partial charge in [0.1, 0.15) is 10.7 Å². The Labute approximate surface area is 159 Å². The second kappa shape index (κ2) is 8.19. The summed E-state index contributed by atoms with van der Waals surface area (Å²) in [5, 5.41) is 2.96. The quantitative estimate of drug-likeness (QED) is 0.851. The van der Waals surface area contributed by atoms with Crippen molar-refractivity contribution in [1.82, 2.24) is 4.31 Å². The Morgan fingerprint density at radius 3 is 2.41 bits per heavy atom. The lowest BCUT2D eigenvalue weighted by Crippen LogP contribution is -2.41. The number of carbonyl (C=O) groups is 1. The largest absolute Gasteiger partial charge is 0.326 e. The standard InChI is InChI=1S/C20H23FN2O3S/c1-2-15-7-3-5-9-18(15)22-20(24)16-11-13-23(14-12-16)27(25,26)19-10-6-4-8-17(19)21/h3-10,16H,2,11-14H2,1H3,(H,22,24). The first kappa shape index (κ1) is 19.5. The van der Waals surface area contributed by atoms with Gasteiger partial charge in [0.05, 0.1) is 0 Å². The Kier molecular flexibility index (Phi) is 5.92. The molecule has 0 atom stereocenters. The number of piperidine rings is 1. The number of nitrogens with zero attached hydrogens (tertiary/aromatic N) is 1. The van der Waals surface area contributed by atoms with Gasteiger partial charge in [0.2, 0.25) is 15.9 Å². The van der Waals surface area contributed by atoms with Gasteiger partial charge in [0.15, 0.2) is 0 Å². The molecule has 2 aromatic carbocycles. The van der Waals surface area contributed by atoms with Gasteiger partial charge in [-0.05, 0) is 43.0 Å². The fourth-order valence-corrected chi connectivity index (χ4v) is 4.87. The number of benzene rings is 2. The molecular formula is C20H23FN2O3S. The van der Waals surface area contributed by atoms with E-state index in [4.69, 9.17) is 0 Å². The average Bonchev–Trinajstić information content (AvgIpc) is 2.68. The number of nitrogens with one attached hydrogen (secondary N) is 1. The summed E-state index contributed by atoms with van der Waals surface area (Å²) in [5.41, 5.74) is 1.86. The molecule has 7 heteroatoms. The SMILES string of the molecule is CCc1ccccc1NC(=O)C1CCN(S(=O)(=O)c2ccccc2F)CC1. The van der Waals surface area contributed by atoms with Gasteiger partial charge in [-0.15, -0.1) is 0 Å². The zero-order chi connectivity index (χ0) is 19.4. The topological polar surface area (TPSA) is 66.5 Å². The van der Waals surface area contributed by atoms with Crippen LogP contribution in [0, 0.1) is 11.7 Å². The molecule has 0 aliphatic carbocycles. The van der Waals surface area contributed by atoms with E-state index in [0.29, 0.717) is 12.8 Å². The number of hydrogen-bond donors (Lipinski definition) is 1. The van der Waals surface area contributed by atoms with Crippen molar-refractivity contribution in [2.45, 2.75) is 31.1 Å². The molecule has 5 nitrogen and oxygen atoms in total. The van der Waals surface area contributed by atoms with Crippen LogP contribution in [0.5, 0.6) is 0 Å². The first-order valence-electron chi connectivity index (χ1n) is 9.07. The summed E-state index contributed by atoms with van der Waals surface area (Å²) in [6.45, 7) is 2.42. The summed E-state index contributed by atoms with van der Waals surface area (Å²) in [6.07, 6.45) is 1.64. The predicted octanol–water partition coefficient (Wildman–Crippen LogP) is 3.43. The minimum absolute atomic E-state index is 0.0983. The number of carbonyl (C=O) groups excluding carboxylic acids is 1. The van der Waals surface area contributed by atoms with Crippen molar-refractivity contribution < 1.29 is 17.6 Å². The van der Waals surface area contributed by atoms with Crippen LogP contribution in [0.15, 0.2) is 53.4 Å². The molecule has 27 heavy (non-hydrogen) atoms. The van der Waals surface area contributed by atoms with Crippen molar-refractivity contribution in [3.05, 3.63) is 59.9 Å². The molecule has 2 aromatic rings. The molecule has 1 aliphatic heterocycles. The van der Waals surface area contributed by atoms with Crippen molar-refractivity contribution in [1.29, 1.82) is 0 Å². The number of para-hydroxylation sites is 1. The highest BCUT2D eigenvalue weighted by Crippen LogP contribution is 2.26. The van der Waals surface area contributed by atoms with E-state index in [1.807, 2.05) is 31.2 Å². The molecule has 3 rings (SSSR count). The van der Waals surface area contributed by atoms with E-state index in [-0.39, 0.29) is 29.8 Å². The molecule has 144 valence electrons. The lowest BCUT2D eigenvalue weighted by Gasteiger charge is -2.30. The monoisotopic (exact) mass is 390 g/mol. The third-order valence-corrected chi connectivity index (χ3v) is 6.87. The lowest BCUT2D eigenvalue weighted by molar-refractivity contribution is -0.120. The van der Waals surface area contributed by atoms with Crippen LogP contribution in [0.25, 0.3) is 0 Å². The fraction of sp³-hybridized carbons (Fsp3) is 0.350. The maximum absolute atomic E-state index is 13.9. The summed E-state index contributed by atoms with van der Waals surface area (Å²) in [6, 6.07) is 13.0. The maximum atomic E-state index is 13.9. The highest BCUT2D eigenvalue weighted by molar-refractivity contribution is 7.89. The minimum atomic E-state index is -3.88. The zero-order valence-electron chi connectivity index (χ0n) is 15.2. The van der Waals surface area contributed by atoms with E-state index >= 15 is 0 Å². The van der Waals surface area contributed by atoms with Crippen molar-refractivity contribution in [3.63, 3.8) is 0 Å². The predicted molar refractivity (Wildman–Crippen MR) is 102 cm³/mol. The molecule has 0 aromatic heterocycles. The number of amides is 1. The van der Waals surface area contributed by atoms with Gasteiger partial charge in [-0.2, -0.15) is 4.31 Å². The van der Waals surface area contributed by atoms with Gasteiger partial charge >= 0.3 is 0 Å². The smallest absolute Gasteiger partial charge is 0.245 e. The Morgan fingerprint density at radius 1 is 1.11 bits per heavy atom. The van der Waals surface area contributed by atoms with Crippen LogP contribution in [-0.2, 0) is 21.2 Å². The van der Waals surface area contributed by atoms with E-state index in [0.717, 1.165) is 23.7 Å². The maximum Gasteiger partial charge on any atom is 0.245 e. The molecule has 1 aliphatic rings. The second-order valence-corrected chi connectivity index (χ2v) is 8.52. The number of sulfonamides is 1. The molecule has 1 saturated heterocycles. The first-order chi connectivity index (χ1) is 12.9. The lowest BCUT2D eigenvalue weighted by atomic mass is 9.97. The highest BCUT2D eigenvalue weighted by Gasteiger charge is 2.33. The van der Waals surface area contributed by atoms with Crippen LogP contribution in [-0.4, -0.2) is 31.7 Å². The molecule has 1 fully saturated rings. The number of rotatable bonds is 5. The van der Waals surface area contributed by atoms with E-state index in [9.17, 15) is 17.6 Å². The second-order valence-electron chi connectivity index (χ2n) is 6.61. The number of hydrogen-bond acceptors (Lipinski definition) is 3. The fourth-order valence-electron chi connectivity index (χ4n) is 3.34. The Balaban J connectivity index is 1.65. The van der Waals surface area contributed by atoms with Crippen molar-refractivity contribution in [2.24, 2.45) is 5.92 Å². The molecule has 0 radical (unpaired) electrons. The molecule has 1 N–H and O–H groups in total. The van der Waals surface area contributed by atoms with Crippen LogP contribution in [0.2, 0.25) is 0 Å². The number of aryl methyl sites for hydroxylation is 1. The number of anilines is 1. The van der Waals surface area contributed by atoms with E-state index < -0.39 is 15.8 Å². The Hall–Kier alpha value is -2.25. The van der Waals surface area contributed by atoms with Crippen LogP contribution in [0.4, 0.5) is 10.1 Å². The van der Waals surface area contributed by atoms with Crippen molar-refractivity contribution >= 4 is 21.6 Å². The summed E-state index contributed by atoms with van der Waals surface area (Å²) >= 11 is 0. The van der Waals surface area contributed by atoms with E-state index in [1.165, 1.54) is 22.5 Å². The summed E-state index contributed by atoms with van der Waals surface area (Å²) in [7, 11) is -3.88. The summed E-state index contributed by atoms with van der Waals surface area (Å²) < 4.78 is 40.4. The molecule has 0 saturated carbocycles.